The number of ketones is 1. The first-order valence-corrected chi connectivity index (χ1v) is 7.61. The summed E-state index contributed by atoms with van der Waals surface area (Å²) in [5.74, 6) is -0.759. The minimum absolute atomic E-state index is 0.0606. The third-order valence-electron chi connectivity index (χ3n) is 3.31. The molecular weight excluding hydrogens is 344 g/mol. The summed E-state index contributed by atoms with van der Waals surface area (Å²) in [6, 6.07) is 5.15. The van der Waals surface area contributed by atoms with Crippen molar-refractivity contribution in [3.8, 4) is 0 Å². The minimum atomic E-state index is -0.486. The standard InChI is InChI=1S/C15H14BrClO3/c1-3-20-13(18)7-11-8(2)14(16)12-6-9(17)4-5-10(12)15(11)19/h4-8,14H,3H2,1-2H3. The Morgan fingerprint density at radius 2 is 2.20 bits per heavy atom. The molecule has 106 valence electrons. The second-order valence-electron chi connectivity index (χ2n) is 4.60. The van der Waals surface area contributed by atoms with Crippen LogP contribution in [-0.4, -0.2) is 18.4 Å². The van der Waals surface area contributed by atoms with Crippen LogP contribution in [0, 0.1) is 5.92 Å². The van der Waals surface area contributed by atoms with Crippen LogP contribution in [0.2, 0.25) is 5.02 Å². The van der Waals surface area contributed by atoms with E-state index in [-0.39, 0.29) is 23.1 Å². The lowest BCUT2D eigenvalue weighted by molar-refractivity contribution is -0.137. The summed E-state index contributed by atoms with van der Waals surface area (Å²) in [5.41, 5.74) is 1.89. The van der Waals surface area contributed by atoms with Gasteiger partial charge in [0.2, 0.25) is 0 Å². The van der Waals surface area contributed by atoms with Crippen molar-refractivity contribution in [2.45, 2.75) is 18.7 Å². The molecule has 3 nitrogen and oxygen atoms in total. The van der Waals surface area contributed by atoms with E-state index < -0.39 is 5.97 Å². The summed E-state index contributed by atoms with van der Waals surface area (Å²) in [5, 5.41) is 0.589. The van der Waals surface area contributed by atoms with Gasteiger partial charge in [0.05, 0.1) is 6.61 Å². The zero-order chi connectivity index (χ0) is 14.9. The van der Waals surface area contributed by atoms with Crippen LogP contribution >= 0.6 is 27.5 Å². The number of hydrogen-bond donors (Lipinski definition) is 0. The van der Waals surface area contributed by atoms with Gasteiger partial charge in [-0.15, -0.1) is 0 Å². The van der Waals surface area contributed by atoms with Gasteiger partial charge >= 0.3 is 5.97 Å². The molecule has 2 atom stereocenters. The zero-order valence-corrected chi connectivity index (χ0v) is 13.5. The second-order valence-corrected chi connectivity index (χ2v) is 6.03. The molecule has 0 aliphatic heterocycles. The number of rotatable bonds is 2. The average molecular weight is 358 g/mol. The molecule has 1 aromatic rings. The predicted octanol–water partition coefficient (Wildman–Crippen LogP) is 4.10. The van der Waals surface area contributed by atoms with Crippen LogP contribution in [0.1, 0.15) is 34.6 Å². The Bertz CT molecular complexity index is 595. The fourth-order valence-corrected chi connectivity index (χ4v) is 3.11. The first kappa shape index (κ1) is 15.3. The van der Waals surface area contributed by atoms with Crippen LogP contribution in [0.3, 0.4) is 0 Å². The second kappa shape index (κ2) is 6.10. The average Bonchev–Trinajstić information content (AvgIpc) is 2.41. The molecule has 2 rings (SSSR count). The predicted molar refractivity (Wildman–Crippen MR) is 81.3 cm³/mol. The number of fused-ring (bicyclic) bond motifs is 1. The van der Waals surface area contributed by atoms with E-state index in [1.54, 1.807) is 25.1 Å². The molecule has 2 unspecified atom stereocenters. The van der Waals surface area contributed by atoms with E-state index in [1.165, 1.54) is 6.08 Å². The number of carbonyl (C=O) groups is 2. The third-order valence-corrected chi connectivity index (χ3v) is 4.83. The van der Waals surface area contributed by atoms with E-state index in [2.05, 4.69) is 15.9 Å². The van der Waals surface area contributed by atoms with E-state index >= 15 is 0 Å². The van der Waals surface area contributed by atoms with E-state index in [0.717, 1.165) is 5.56 Å². The maximum atomic E-state index is 12.5. The van der Waals surface area contributed by atoms with Crippen LogP contribution in [0.5, 0.6) is 0 Å². The molecule has 5 heteroatoms. The van der Waals surface area contributed by atoms with Crippen LogP contribution in [0.15, 0.2) is 29.8 Å². The summed E-state index contributed by atoms with van der Waals surface area (Å²) in [7, 11) is 0. The number of hydrogen-bond acceptors (Lipinski definition) is 3. The van der Waals surface area contributed by atoms with Crippen molar-refractivity contribution in [2.75, 3.05) is 6.61 Å². The Balaban J connectivity index is 2.47. The quantitative estimate of drug-likeness (QED) is 0.455. The Labute approximate surface area is 131 Å². The molecule has 0 N–H and O–H groups in total. The van der Waals surface area contributed by atoms with Gasteiger partial charge in [0, 0.05) is 33.0 Å². The topological polar surface area (TPSA) is 43.4 Å². The minimum Gasteiger partial charge on any atom is -0.463 e. The van der Waals surface area contributed by atoms with Gasteiger partial charge in [-0.1, -0.05) is 34.5 Å². The number of alkyl halides is 1. The fourth-order valence-electron chi connectivity index (χ4n) is 2.27. The highest BCUT2D eigenvalue weighted by Gasteiger charge is 2.34. The summed E-state index contributed by atoms with van der Waals surface area (Å²) >= 11 is 9.56. The number of halogens is 2. The van der Waals surface area contributed by atoms with Crippen molar-refractivity contribution < 1.29 is 14.3 Å². The largest absolute Gasteiger partial charge is 0.463 e. The van der Waals surface area contributed by atoms with Crippen molar-refractivity contribution in [2.24, 2.45) is 5.92 Å². The Morgan fingerprint density at radius 3 is 2.85 bits per heavy atom. The summed E-state index contributed by atoms with van der Waals surface area (Å²) in [6.07, 6.45) is 1.29. The lowest BCUT2D eigenvalue weighted by Crippen LogP contribution is -2.24. The molecule has 0 fully saturated rings. The number of allylic oxidation sites excluding steroid dienone is 1. The molecule has 0 amide bonds. The molecule has 0 bridgehead atoms. The van der Waals surface area contributed by atoms with Crippen molar-refractivity contribution >= 4 is 39.3 Å². The van der Waals surface area contributed by atoms with Gasteiger partial charge in [-0.2, -0.15) is 0 Å². The van der Waals surface area contributed by atoms with Gasteiger partial charge in [0.25, 0.3) is 0 Å². The number of benzene rings is 1. The highest BCUT2D eigenvalue weighted by molar-refractivity contribution is 9.09. The molecule has 1 aromatic carbocycles. The molecule has 0 aromatic heterocycles. The van der Waals surface area contributed by atoms with Gasteiger partial charge in [0.1, 0.15) is 0 Å². The van der Waals surface area contributed by atoms with Gasteiger partial charge in [-0.05, 0) is 30.7 Å². The molecular formula is C15H14BrClO3. The van der Waals surface area contributed by atoms with Gasteiger partial charge in [-0.3, -0.25) is 4.79 Å². The number of esters is 1. The Kier molecular flexibility index (Phi) is 4.66. The smallest absolute Gasteiger partial charge is 0.331 e. The summed E-state index contributed by atoms with van der Waals surface area (Å²) in [4.78, 5) is 24.0. The lowest BCUT2D eigenvalue weighted by Gasteiger charge is -2.28. The molecule has 20 heavy (non-hydrogen) atoms. The Morgan fingerprint density at radius 1 is 1.50 bits per heavy atom. The molecule has 0 saturated heterocycles. The number of Topliss-reactive ketones (excluding diaryl/α,β-unsaturated/α-hetero) is 1. The molecule has 0 spiro atoms. The molecule has 1 aliphatic rings. The first-order chi connectivity index (χ1) is 9.45. The van der Waals surface area contributed by atoms with Crippen LogP contribution in [-0.2, 0) is 9.53 Å². The van der Waals surface area contributed by atoms with E-state index in [0.29, 0.717) is 16.2 Å². The van der Waals surface area contributed by atoms with E-state index in [4.69, 9.17) is 16.3 Å². The first-order valence-electron chi connectivity index (χ1n) is 6.32. The van der Waals surface area contributed by atoms with Crippen LogP contribution in [0.4, 0.5) is 0 Å². The third kappa shape index (κ3) is 2.81. The molecule has 1 aliphatic carbocycles. The van der Waals surface area contributed by atoms with Gasteiger partial charge in [0.15, 0.2) is 5.78 Å². The van der Waals surface area contributed by atoms with Crippen molar-refractivity contribution in [3.63, 3.8) is 0 Å². The zero-order valence-electron chi connectivity index (χ0n) is 11.2. The highest BCUT2D eigenvalue weighted by atomic mass is 79.9. The van der Waals surface area contributed by atoms with Crippen molar-refractivity contribution in [1.29, 1.82) is 0 Å². The maximum absolute atomic E-state index is 12.5. The van der Waals surface area contributed by atoms with E-state index in [9.17, 15) is 9.59 Å². The highest BCUT2D eigenvalue weighted by Crippen LogP contribution is 2.43. The summed E-state index contributed by atoms with van der Waals surface area (Å²) < 4.78 is 4.88. The molecule has 0 heterocycles. The fraction of sp³-hybridized carbons (Fsp3) is 0.333. The SMILES string of the molecule is CCOC(=O)C=C1C(=O)c2ccc(Cl)cc2C(Br)C1C. The monoisotopic (exact) mass is 356 g/mol. The van der Waals surface area contributed by atoms with Gasteiger partial charge < -0.3 is 4.74 Å². The lowest BCUT2D eigenvalue weighted by atomic mass is 9.80. The normalized spacial score (nSPS) is 23.6. The number of ether oxygens (including phenoxy) is 1. The van der Waals surface area contributed by atoms with Gasteiger partial charge in [-0.25, -0.2) is 4.79 Å². The summed E-state index contributed by atoms with van der Waals surface area (Å²) in [6.45, 7) is 3.91. The van der Waals surface area contributed by atoms with E-state index in [1.807, 2.05) is 6.92 Å². The van der Waals surface area contributed by atoms with Crippen molar-refractivity contribution in [3.05, 3.63) is 46.0 Å². The number of carbonyl (C=O) groups excluding carboxylic acids is 2. The molecule has 0 radical (unpaired) electrons. The maximum Gasteiger partial charge on any atom is 0.331 e. The Hall–Kier alpha value is -1.13. The van der Waals surface area contributed by atoms with Crippen LogP contribution in [0.25, 0.3) is 0 Å². The van der Waals surface area contributed by atoms with Crippen LogP contribution < -0.4 is 0 Å². The molecule has 0 saturated carbocycles. The van der Waals surface area contributed by atoms with Crippen molar-refractivity contribution in [1.82, 2.24) is 0 Å².